The average molecular weight is 503 g/mol. The van der Waals surface area contributed by atoms with Crippen LogP contribution in [0.5, 0.6) is 5.75 Å². The zero-order valence-corrected chi connectivity index (χ0v) is 19.9. The Hall–Kier alpha value is -4.73. The molecule has 0 fully saturated rings. The predicted molar refractivity (Wildman–Crippen MR) is 134 cm³/mol. The Balaban J connectivity index is 1.16. The number of rotatable bonds is 8. The molecule has 2 aromatic heterocycles. The molecule has 1 aliphatic rings. The first-order chi connectivity index (χ1) is 18.0. The van der Waals surface area contributed by atoms with Crippen molar-refractivity contribution in [2.24, 2.45) is 5.16 Å². The number of amides is 2. The number of benzene rings is 2. The Morgan fingerprint density at radius 2 is 2.00 bits per heavy atom. The van der Waals surface area contributed by atoms with Crippen LogP contribution in [0.4, 0.5) is 4.39 Å². The topological polar surface area (TPSA) is 115 Å². The molecule has 1 atom stereocenters. The van der Waals surface area contributed by atoms with Gasteiger partial charge in [-0.15, -0.1) is 0 Å². The molecule has 2 aromatic carbocycles. The van der Waals surface area contributed by atoms with Gasteiger partial charge in [0.05, 0.1) is 24.0 Å². The third-order valence-electron chi connectivity index (χ3n) is 5.86. The number of oxime groups is 1. The molecule has 1 aliphatic heterocycles. The Morgan fingerprint density at radius 1 is 1.14 bits per heavy atom. The van der Waals surface area contributed by atoms with Crippen molar-refractivity contribution in [3.8, 4) is 16.9 Å². The van der Waals surface area contributed by atoms with Crippen LogP contribution in [0.3, 0.4) is 0 Å². The first-order valence-electron chi connectivity index (χ1n) is 11.6. The van der Waals surface area contributed by atoms with Crippen LogP contribution in [0.2, 0.25) is 0 Å². The van der Waals surface area contributed by atoms with Gasteiger partial charge in [-0.3, -0.25) is 14.6 Å². The lowest BCUT2D eigenvalue weighted by atomic mass is 10.0. The number of hydrogen-bond acceptors (Lipinski definition) is 7. The van der Waals surface area contributed by atoms with E-state index in [1.807, 2.05) is 18.2 Å². The van der Waals surface area contributed by atoms with Crippen molar-refractivity contribution in [3.63, 3.8) is 0 Å². The van der Waals surface area contributed by atoms with Crippen LogP contribution in [0.1, 0.15) is 27.3 Å². The number of ether oxygens (including phenoxy) is 1. The molecule has 10 heteroatoms. The summed E-state index contributed by atoms with van der Waals surface area (Å²) in [6.07, 6.45) is 3.32. The van der Waals surface area contributed by atoms with E-state index in [2.05, 4.69) is 20.8 Å². The highest BCUT2D eigenvalue weighted by molar-refractivity contribution is 5.99. The highest BCUT2D eigenvalue weighted by Crippen LogP contribution is 2.31. The Kier molecular flexibility index (Phi) is 6.80. The molecule has 0 saturated heterocycles. The quantitative estimate of drug-likeness (QED) is 0.377. The summed E-state index contributed by atoms with van der Waals surface area (Å²) in [5.74, 6) is -0.737. The van der Waals surface area contributed by atoms with Crippen molar-refractivity contribution in [1.82, 2.24) is 15.6 Å². The zero-order valence-electron chi connectivity index (χ0n) is 19.9. The molecular weight excluding hydrogens is 479 g/mol. The van der Waals surface area contributed by atoms with Gasteiger partial charge in [0.2, 0.25) is 0 Å². The number of halogens is 1. The maximum Gasteiger partial charge on any atom is 0.287 e. The lowest BCUT2D eigenvalue weighted by Gasteiger charge is -2.14. The lowest BCUT2D eigenvalue weighted by molar-refractivity contribution is 0.0472. The number of carbonyl (C=O) groups excluding carboxylic acids is 2. The van der Waals surface area contributed by atoms with Gasteiger partial charge in [-0.25, -0.2) is 4.39 Å². The van der Waals surface area contributed by atoms with Crippen LogP contribution in [-0.2, 0) is 4.84 Å². The minimum absolute atomic E-state index is 0.0295. The molecule has 0 radical (unpaired) electrons. The standard InChI is InChI=1S/C27H23FN4O5/c1-29-26(33)21-7-6-16(10-22(21)28)20-4-2-3-5-23(20)35-15-19-12-18(32-37-19)13-31-27(34)24-11-17-8-9-30-14-25(17)36-24/h2-11,14,19H,12-13,15H2,1H3,(H,29,33)(H,31,34). The molecule has 2 N–H and O–H groups in total. The Bertz CT molecular complexity index is 1470. The van der Waals surface area contributed by atoms with Gasteiger partial charge in [0.15, 0.2) is 17.4 Å². The van der Waals surface area contributed by atoms with E-state index in [9.17, 15) is 14.0 Å². The van der Waals surface area contributed by atoms with Crippen molar-refractivity contribution in [1.29, 1.82) is 0 Å². The van der Waals surface area contributed by atoms with Gasteiger partial charge < -0.3 is 24.6 Å². The summed E-state index contributed by atoms with van der Waals surface area (Å²) in [7, 11) is 1.45. The summed E-state index contributed by atoms with van der Waals surface area (Å²) in [5.41, 5.74) is 2.43. The number of aromatic nitrogens is 1. The van der Waals surface area contributed by atoms with E-state index in [-0.39, 0.29) is 36.5 Å². The van der Waals surface area contributed by atoms with E-state index in [0.717, 1.165) is 5.39 Å². The maximum atomic E-state index is 14.5. The summed E-state index contributed by atoms with van der Waals surface area (Å²) in [6, 6.07) is 15.1. The van der Waals surface area contributed by atoms with Gasteiger partial charge in [-0.2, -0.15) is 0 Å². The number of fused-ring (bicyclic) bond motifs is 1. The number of pyridine rings is 1. The summed E-state index contributed by atoms with van der Waals surface area (Å²) in [6.45, 7) is 0.408. The van der Waals surface area contributed by atoms with Crippen molar-refractivity contribution in [3.05, 3.63) is 84.1 Å². The third kappa shape index (κ3) is 5.27. The second kappa shape index (κ2) is 10.5. The smallest absolute Gasteiger partial charge is 0.287 e. The van der Waals surface area contributed by atoms with Crippen molar-refractivity contribution in [2.45, 2.75) is 12.5 Å². The molecule has 0 saturated carbocycles. The second-order valence-corrected chi connectivity index (χ2v) is 8.38. The van der Waals surface area contributed by atoms with Crippen molar-refractivity contribution in [2.75, 3.05) is 20.2 Å². The summed E-state index contributed by atoms with van der Waals surface area (Å²) >= 11 is 0. The van der Waals surface area contributed by atoms with Crippen LogP contribution in [-0.4, -0.2) is 48.8 Å². The first kappa shape index (κ1) is 24.0. The van der Waals surface area contributed by atoms with Crippen LogP contribution in [0, 0.1) is 5.82 Å². The molecule has 4 aromatic rings. The van der Waals surface area contributed by atoms with E-state index in [1.54, 1.807) is 36.7 Å². The number of carbonyl (C=O) groups is 2. The fraction of sp³-hybridized carbons (Fsp3) is 0.185. The highest BCUT2D eigenvalue weighted by atomic mass is 19.1. The zero-order chi connectivity index (χ0) is 25.8. The summed E-state index contributed by atoms with van der Waals surface area (Å²) < 4.78 is 26.0. The molecule has 0 aliphatic carbocycles. The molecule has 37 heavy (non-hydrogen) atoms. The van der Waals surface area contributed by atoms with Gasteiger partial charge in [-0.05, 0) is 35.9 Å². The van der Waals surface area contributed by atoms with Crippen LogP contribution >= 0.6 is 0 Å². The van der Waals surface area contributed by atoms with Gasteiger partial charge >= 0.3 is 0 Å². The van der Waals surface area contributed by atoms with Gasteiger partial charge in [-0.1, -0.05) is 29.4 Å². The molecule has 1 unspecified atom stereocenters. The molecule has 9 nitrogen and oxygen atoms in total. The molecule has 5 rings (SSSR count). The van der Waals surface area contributed by atoms with Gasteiger partial charge in [0, 0.05) is 30.6 Å². The van der Waals surface area contributed by atoms with Gasteiger partial charge in [0.1, 0.15) is 18.2 Å². The summed E-state index contributed by atoms with van der Waals surface area (Å²) in [4.78, 5) is 33.7. The van der Waals surface area contributed by atoms with E-state index in [1.165, 1.54) is 19.2 Å². The van der Waals surface area contributed by atoms with E-state index in [0.29, 0.717) is 34.6 Å². The number of furan rings is 1. The monoisotopic (exact) mass is 502 g/mol. The first-order valence-corrected chi connectivity index (χ1v) is 11.6. The molecule has 2 amide bonds. The molecular formula is C27H23FN4O5. The minimum atomic E-state index is -0.620. The SMILES string of the molecule is CNC(=O)c1ccc(-c2ccccc2OCC2CC(CNC(=O)c3cc4ccncc4o3)=NO2)cc1F. The average Bonchev–Trinajstić information content (AvgIpc) is 3.57. The van der Waals surface area contributed by atoms with E-state index >= 15 is 0 Å². The Morgan fingerprint density at radius 3 is 2.81 bits per heavy atom. The Labute approximate surface area is 211 Å². The molecule has 0 bridgehead atoms. The highest BCUT2D eigenvalue weighted by Gasteiger charge is 2.23. The van der Waals surface area contributed by atoms with Crippen LogP contribution in [0.15, 0.2) is 76.6 Å². The minimum Gasteiger partial charge on any atom is -0.489 e. The fourth-order valence-electron chi connectivity index (χ4n) is 3.96. The number of nitrogens with one attached hydrogen (secondary N) is 2. The number of hydrogen-bond donors (Lipinski definition) is 2. The normalized spacial score (nSPS) is 14.6. The van der Waals surface area contributed by atoms with Crippen LogP contribution in [0.25, 0.3) is 22.1 Å². The van der Waals surface area contributed by atoms with Crippen molar-refractivity contribution >= 4 is 28.5 Å². The lowest BCUT2D eigenvalue weighted by Crippen LogP contribution is -2.29. The largest absolute Gasteiger partial charge is 0.489 e. The number of nitrogens with zero attached hydrogens (tertiary/aromatic N) is 2. The third-order valence-corrected chi connectivity index (χ3v) is 5.86. The number of para-hydroxylation sites is 1. The molecule has 188 valence electrons. The van der Waals surface area contributed by atoms with E-state index < -0.39 is 11.7 Å². The predicted octanol–water partition coefficient (Wildman–Crippen LogP) is 3.95. The van der Waals surface area contributed by atoms with Gasteiger partial charge in [0.25, 0.3) is 11.8 Å². The fourth-order valence-corrected chi connectivity index (χ4v) is 3.96. The maximum absolute atomic E-state index is 14.5. The summed E-state index contributed by atoms with van der Waals surface area (Å²) in [5, 5.41) is 10.1. The molecule has 0 spiro atoms. The molecule has 3 heterocycles. The van der Waals surface area contributed by atoms with Crippen LogP contribution < -0.4 is 15.4 Å². The van der Waals surface area contributed by atoms with Crippen molar-refractivity contribution < 1.29 is 28.0 Å². The van der Waals surface area contributed by atoms with E-state index in [4.69, 9.17) is 14.0 Å². The second-order valence-electron chi connectivity index (χ2n) is 8.38.